The molecule has 3 heteroatoms. The molecule has 0 aromatic rings. The van der Waals surface area contributed by atoms with Crippen molar-refractivity contribution in [3.05, 3.63) is 0 Å². The summed E-state index contributed by atoms with van der Waals surface area (Å²) in [6.45, 7) is 4.24. The van der Waals surface area contributed by atoms with Crippen LogP contribution in [0.3, 0.4) is 0 Å². The average Bonchev–Trinajstić information content (AvgIpc) is 1.35. The summed E-state index contributed by atoms with van der Waals surface area (Å²) in [6, 6.07) is 0. The van der Waals surface area contributed by atoms with Gasteiger partial charge in [0.15, 0.2) is 0 Å². The van der Waals surface area contributed by atoms with E-state index in [2.05, 4.69) is 25.9 Å². The van der Waals surface area contributed by atoms with Crippen molar-refractivity contribution in [2.24, 2.45) is 0 Å². The van der Waals surface area contributed by atoms with Crippen molar-refractivity contribution in [2.75, 3.05) is 0 Å². The van der Waals surface area contributed by atoms with Gasteiger partial charge in [-0.25, -0.2) is 0 Å². The van der Waals surface area contributed by atoms with Crippen LogP contribution in [0, 0.1) is 0 Å². The van der Waals surface area contributed by atoms with E-state index in [1.165, 1.54) is 0 Å². The van der Waals surface area contributed by atoms with Gasteiger partial charge in [-0.15, -0.1) is 0 Å². The molecule has 0 aliphatic rings. The van der Waals surface area contributed by atoms with E-state index in [4.69, 9.17) is 0 Å². The Labute approximate surface area is 48.7 Å². The fourth-order valence-electron chi connectivity index (χ4n) is 0.111. The molecule has 0 heterocycles. The van der Waals surface area contributed by atoms with E-state index in [1.807, 2.05) is 0 Å². The SMILES string of the molecule is CC(C)SB=S. The molecule has 0 atom stereocenters. The standard InChI is InChI=1S/C3H7BS2/c1-3(2)6-4-5/h3H,1-2H3. The van der Waals surface area contributed by atoms with Crippen LogP contribution in [-0.4, -0.2) is 10.7 Å². The monoisotopic (exact) mass is 118 g/mol. The van der Waals surface area contributed by atoms with Gasteiger partial charge in [-0.2, -0.15) is 0 Å². The van der Waals surface area contributed by atoms with Crippen LogP contribution in [0.5, 0.6) is 0 Å². The molecule has 0 saturated heterocycles. The Morgan fingerprint density at radius 3 is 2.17 bits per heavy atom. The molecule has 0 aromatic carbocycles. The molecule has 0 amide bonds. The van der Waals surface area contributed by atoms with Gasteiger partial charge in [0.1, 0.15) is 0 Å². The number of hydrogen-bond acceptors (Lipinski definition) is 2. The third kappa shape index (κ3) is 4.63. The Hall–Kier alpha value is 0.635. The second kappa shape index (κ2) is 3.81. The van der Waals surface area contributed by atoms with Crippen LogP contribution in [0.1, 0.15) is 13.8 Å². The molecule has 0 saturated carbocycles. The fourth-order valence-corrected chi connectivity index (χ4v) is 1.00. The van der Waals surface area contributed by atoms with Gasteiger partial charge < -0.3 is 0 Å². The zero-order chi connectivity index (χ0) is 4.99. The molecule has 0 unspecified atom stereocenters. The Bertz CT molecular complexity index is 44.1. The molecule has 6 heavy (non-hydrogen) atoms. The van der Waals surface area contributed by atoms with Crippen LogP contribution in [0.4, 0.5) is 0 Å². The normalized spacial score (nSPS) is 8.50. The maximum absolute atomic E-state index is 4.57. The molecular weight excluding hydrogens is 111 g/mol. The molecule has 0 bridgehead atoms. The van der Waals surface area contributed by atoms with E-state index in [0.29, 0.717) is 5.25 Å². The predicted molar refractivity (Wildman–Crippen MR) is 36.1 cm³/mol. The number of hydrogen-bond donors (Lipinski definition) is 0. The van der Waals surface area contributed by atoms with Gasteiger partial charge in [-0.1, -0.05) is 0 Å². The summed E-state index contributed by atoms with van der Waals surface area (Å²) in [5.41, 5.74) is 1.70. The van der Waals surface area contributed by atoms with Crippen molar-refractivity contribution in [2.45, 2.75) is 19.1 Å². The topological polar surface area (TPSA) is 0 Å². The first-order valence-electron chi connectivity index (χ1n) is 1.86. The second-order valence-corrected chi connectivity index (χ2v) is 3.27. The van der Waals surface area contributed by atoms with E-state index in [9.17, 15) is 0 Å². The van der Waals surface area contributed by atoms with E-state index in [1.54, 1.807) is 17.0 Å². The Morgan fingerprint density at radius 2 is 2.17 bits per heavy atom. The van der Waals surface area contributed by atoms with Crippen LogP contribution in [-0.2, 0) is 0 Å². The van der Waals surface area contributed by atoms with Crippen molar-refractivity contribution < 1.29 is 0 Å². The summed E-state index contributed by atoms with van der Waals surface area (Å²) in [6.07, 6.45) is 0. The van der Waals surface area contributed by atoms with Crippen molar-refractivity contribution in [1.29, 1.82) is 0 Å². The predicted octanol–water partition coefficient (Wildman–Crippen LogP) is 1.86. The zero-order valence-corrected chi connectivity index (χ0v) is 5.60. The molecule has 0 nitrogen and oxygen atoms in total. The third-order valence-corrected chi connectivity index (χ3v) is 1.32. The summed E-state index contributed by atoms with van der Waals surface area (Å²) in [5.74, 6) is 0. The fraction of sp³-hybridized carbons (Fsp3) is 1.00. The maximum atomic E-state index is 4.57. The van der Waals surface area contributed by atoms with Gasteiger partial charge in [0.05, 0.1) is 0 Å². The van der Waals surface area contributed by atoms with E-state index < -0.39 is 0 Å². The Balaban J connectivity index is 2.81. The van der Waals surface area contributed by atoms with Crippen molar-refractivity contribution >= 4 is 29.1 Å². The summed E-state index contributed by atoms with van der Waals surface area (Å²) in [7, 11) is 0. The summed E-state index contributed by atoms with van der Waals surface area (Å²) in [4.78, 5) is 0. The summed E-state index contributed by atoms with van der Waals surface area (Å²) in [5, 5.41) is 0.655. The quantitative estimate of drug-likeness (QED) is 0.507. The van der Waals surface area contributed by atoms with Crippen LogP contribution >= 0.6 is 23.7 Å². The Morgan fingerprint density at radius 1 is 1.67 bits per heavy atom. The van der Waals surface area contributed by atoms with Crippen molar-refractivity contribution in [1.82, 2.24) is 0 Å². The molecular formula is C3H7BS2. The van der Waals surface area contributed by atoms with Crippen molar-refractivity contribution in [3.63, 3.8) is 0 Å². The number of rotatable bonds is 2. The molecule has 0 aliphatic carbocycles. The van der Waals surface area contributed by atoms with Crippen LogP contribution < -0.4 is 0 Å². The zero-order valence-electron chi connectivity index (χ0n) is 3.97. The van der Waals surface area contributed by atoms with Gasteiger partial charge in [0.25, 0.3) is 0 Å². The first-order valence-corrected chi connectivity index (χ1v) is 3.28. The van der Waals surface area contributed by atoms with Gasteiger partial charge in [0.2, 0.25) is 0 Å². The van der Waals surface area contributed by atoms with E-state index >= 15 is 0 Å². The first-order chi connectivity index (χ1) is 2.77. The third-order valence-electron chi connectivity index (χ3n) is 0.328. The second-order valence-electron chi connectivity index (χ2n) is 1.28. The summed E-state index contributed by atoms with van der Waals surface area (Å²) >= 11 is 6.24. The molecule has 0 aliphatic heterocycles. The van der Waals surface area contributed by atoms with Gasteiger partial charge in [-0.05, 0) is 0 Å². The van der Waals surface area contributed by atoms with Crippen LogP contribution in [0.25, 0.3) is 0 Å². The van der Waals surface area contributed by atoms with Crippen molar-refractivity contribution in [3.8, 4) is 0 Å². The molecule has 0 spiro atoms. The molecule has 0 fully saturated rings. The summed E-state index contributed by atoms with van der Waals surface area (Å²) < 4.78 is 0. The van der Waals surface area contributed by atoms with Crippen LogP contribution in [0.2, 0.25) is 0 Å². The molecule has 0 radical (unpaired) electrons. The van der Waals surface area contributed by atoms with E-state index in [0.717, 1.165) is 0 Å². The van der Waals surface area contributed by atoms with Crippen LogP contribution in [0.15, 0.2) is 0 Å². The molecule has 0 N–H and O–H groups in total. The van der Waals surface area contributed by atoms with Gasteiger partial charge in [-0.3, -0.25) is 0 Å². The van der Waals surface area contributed by atoms with E-state index in [-0.39, 0.29) is 0 Å². The van der Waals surface area contributed by atoms with Gasteiger partial charge >= 0.3 is 48.2 Å². The molecule has 34 valence electrons. The first kappa shape index (κ1) is 6.63. The van der Waals surface area contributed by atoms with Gasteiger partial charge in [0, 0.05) is 0 Å². The molecule has 0 rings (SSSR count). The minimum absolute atomic E-state index is 0.655. The average molecular weight is 118 g/mol. The minimum atomic E-state index is 0.655. The Kier molecular flexibility index (Phi) is 4.22. The molecule has 0 aromatic heterocycles.